The summed E-state index contributed by atoms with van der Waals surface area (Å²) in [4.78, 5) is 10.2. The quantitative estimate of drug-likeness (QED) is 0.728. The number of likely N-dealkylation sites (tertiary alicyclic amines) is 1. The first-order valence-electron chi connectivity index (χ1n) is 8.09. The van der Waals surface area contributed by atoms with Crippen molar-refractivity contribution >= 4 is 5.65 Å². The van der Waals surface area contributed by atoms with E-state index in [0.717, 1.165) is 37.5 Å². The standard InChI is InChI=1S/C17H16F3N5/c18-17(19,20)15-7-13(3-4-21-15)14-9-23-25-11-12(8-22-16(14)25)10-24-5-1-2-6-24/h3-4,7-9,11H,1-2,5-6,10H2. The van der Waals surface area contributed by atoms with Gasteiger partial charge >= 0.3 is 6.18 Å². The van der Waals surface area contributed by atoms with Crippen LogP contribution in [-0.4, -0.2) is 37.6 Å². The predicted molar refractivity (Wildman–Crippen MR) is 85.7 cm³/mol. The molecule has 1 fully saturated rings. The van der Waals surface area contributed by atoms with Crippen LogP contribution >= 0.6 is 0 Å². The maximum absolute atomic E-state index is 12.9. The van der Waals surface area contributed by atoms with Crippen LogP contribution in [0, 0.1) is 0 Å². The van der Waals surface area contributed by atoms with Crippen LogP contribution in [0.4, 0.5) is 13.2 Å². The number of aromatic nitrogens is 4. The number of pyridine rings is 1. The molecule has 0 unspecified atom stereocenters. The SMILES string of the molecule is FC(F)(F)c1cc(-c2cnn3cc(CN4CCCC4)cnc23)ccn1. The molecular weight excluding hydrogens is 331 g/mol. The molecule has 0 aliphatic carbocycles. The highest BCUT2D eigenvalue weighted by Gasteiger charge is 2.32. The zero-order valence-corrected chi connectivity index (χ0v) is 13.4. The van der Waals surface area contributed by atoms with Gasteiger partial charge in [0.2, 0.25) is 0 Å². The highest BCUT2D eigenvalue weighted by molar-refractivity contribution is 5.76. The van der Waals surface area contributed by atoms with Gasteiger partial charge in [0.1, 0.15) is 5.69 Å². The van der Waals surface area contributed by atoms with E-state index >= 15 is 0 Å². The van der Waals surface area contributed by atoms with Crippen molar-refractivity contribution in [2.75, 3.05) is 13.1 Å². The maximum Gasteiger partial charge on any atom is 0.433 e. The lowest BCUT2D eigenvalue weighted by Crippen LogP contribution is -2.18. The van der Waals surface area contributed by atoms with Crippen molar-refractivity contribution in [3.05, 3.63) is 48.2 Å². The Balaban J connectivity index is 1.67. The van der Waals surface area contributed by atoms with E-state index in [2.05, 4.69) is 20.0 Å². The Morgan fingerprint density at radius 3 is 2.64 bits per heavy atom. The number of rotatable bonds is 3. The fraction of sp³-hybridized carbons (Fsp3) is 0.353. The Labute approximate surface area is 142 Å². The molecule has 130 valence electrons. The zero-order valence-electron chi connectivity index (χ0n) is 13.4. The number of nitrogens with zero attached hydrogens (tertiary/aromatic N) is 5. The van der Waals surface area contributed by atoms with E-state index in [0.29, 0.717) is 16.8 Å². The minimum absolute atomic E-state index is 0.400. The Morgan fingerprint density at radius 1 is 1.08 bits per heavy atom. The first-order valence-corrected chi connectivity index (χ1v) is 8.09. The number of halogens is 3. The minimum Gasteiger partial charge on any atom is -0.299 e. The molecule has 3 aromatic rings. The molecule has 0 spiro atoms. The second-order valence-electron chi connectivity index (χ2n) is 6.20. The largest absolute Gasteiger partial charge is 0.433 e. The van der Waals surface area contributed by atoms with Crippen LogP contribution in [0.5, 0.6) is 0 Å². The summed E-state index contributed by atoms with van der Waals surface area (Å²) in [7, 11) is 0. The van der Waals surface area contributed by atoms with Crippen molar-refractivity contribution in [1.82, 2.24) is 24.5 Å². The molecule has 0 N–H and O–H groups in total. The summed E-state index contributed by atoms with van der Waals surface area (Å²) >= 11 is 0. The Bertz CT molecular complexity index is 897. The molecule has 0 amide bonds. The van der Waals surface area contributed by atoms with Crippen LogP contribution in [0.3, 0.4) is 0 Å². The molecule has 4 rings (SSSR count). The van der Waals surface area contributed by atoms with Crippen LogP contribution in [0.25, 0.3) is 16.8 Å². The molecule has 0 bridgehead atoms. The summed E-state index contributed by atoms with van der Waals surface area (Å²) in [5.74, 6) is 0. The molecule has 0 atom stereocenters. The number of alkyl halides is 3. The van der Waals surface area contributed by atoms with Crippen LogP contribution in [0.15, 0.2) is 36.9 Å². The second-order valence-corrected chi connectivity index (χ2v) is 6.20. The third-order valence-corrected chi connectivity index (χ3v) is 4.38. The van der Waals surface area contributed by atoms with E-state index in [-0.39, 0.29) is 0 Å². The van der Waals surface area contributed by atoms with Crippen molar-refractivity contribution in [3.8, 4) is 11.1 Å². The van der Waals surface area contributed by atoms with Gasteiger partial charge in [-0.25, -0.2) is 9.50 Å². The van der Waals surface area contributed by atoms with Crippen molar-refractivity contribution in [2.45, 2.75) is 25.6 Å². The van der Waals surface area contributed by atoms with E-state index in [1.165, 1.54) is 25.1 Å². The van der Waals surface area contributed by atoms with Crippen molar-refractivity contribution in [1.29, 1.82) is 0 Å². The monoisotopic (exact) mass is 347 g/mol. The molecule has 4 heterocycles. The first-order chi connectivity index (χ1) is 12.0. The fourth-order valence-corrected chi connectivity index (χ4v) is 3.15. The highest BCUT2D eigenvalue weighted by atomic mass is 19.4. The number of hydrogen-bond acceptors (Lipinski definition) is 4. The minimum atomic E-state index is -4.48. The summed E-state index contributed by atoms with van der Waals surface area (Å²) in [6.45, 7) is 2.98. The molecule has 0 saturated carbocycles. The topological polar surface area (TPSA) is 46.3 Å². The first kappa shape index (κ1) is 16.0. The molecule has 1 aliphatic heterocycles. The van der Waals surface area contributed by atoms with Gasteiger partial charge in [0.05, 0.1) is 6.20 Å². The van der Waals surface area contributed by atoms with Crippen LogP contribution in [0.2, 0.25) is 0 Å². The zero-order chi connectivity index (χ0) is 17.4. The fourth-order valence-electron chi connectivity index (χ4n) is 3.15. The normalized spacial score (nSPS) is 16.0. The van der Waals surface area contributed by atoms with Gasteiger partial charge in [-0.05, 0) is 43.6 Å². The molecular formula is C17H16F3N5. The lowest BCUT2D eigenvalue weighted by atomic mass is 10.1. The lowest BCUT2D eigenvalue weighted by molar-refractivity contribution is -0.141. The van der Waals surface area contributed by atoms with E-state index in [1.54, 1.807) is 10.7 Å². The smallest absolute Gasteiger partial charge is 0.299 e. The lowest BCUT2D eigenvalue weighted by Gasteiger charge is -2.14. The summed E-state index contributed by atoms with van der Waals surface area (Å²) in [5, 5.41) is 4.26. The second kappa shape index (κ2) is 6.11. The molecule has 0 aromatic carbocycles. The molecule has 5 nitrogen and oxygen atoms in total. The van der Waals surface area contributed by atoms with Gasteiger partial charge in [0.15, 0.2) is 5.65 Å². The molecule has 25 heavy (non-hydrogen) atoms. The Morgan fingerprint density at radius 2 is 1.88 bits per heavy atom. The van der Waals surface area contributed by atoms with Gasteiger partial charge in [0.25, 0.3) is 0 Å². The molecule has 3 aromatic heterocycles. The Hall–Kier alpha value is -2.48. The van der Waals surface area contributed by atoms with Gasteiger partial charge in [-0.3, -0.25) is 9.88 Å². The third kappa shape index (κ3) is 3.21. The highest BCUT2D eigenvalue weighted by Crippen LogP contribution is 2.31. The van der Waals surface area contributed by atoms with E-state index in [9.17, 15) is 13.2 Å². The van der Waals surface area contributed by atoms with Crippen LogP contribution in [-0.2, 0) is 12.7 Å². The van der Waals surface area contributed by atoms with E-state index in [4.69, 9.17) is 0 Å². The van der Waals surface area contributed by atoms with Crippen molar-refractivity contribution < 1.29 is 13.2 Å². The van der Waals surface area contributed by atoms with Gasteiger partial charge in [-0.15, -0.1) is 0 Å². The average Bonchev–Trinajstić information content (AvgIpc) is 3.23. The number of fused-ring (bicyclic) bond motifs is 1. The van der Waals surface area contributed by atoms with Crippen molar-refractivity contribution in [2.24, 2.45) is 0 Å². The molecule has 8 heteroatoms. The third-order valence-electron chi connectivity index (χ3n) is 4.38. The van der Waals surface area contributed by atoms with Gasteiger partial charge < -0.3 is 0 Å². The predicted octanol–water partition coefficient (Wildman–Crippen LogP) is 3.41. The van der Waals surface area contributed by atoms with E-state index in [1.807, 2.05) is 6.20 Å². The van der Waals surface area contributed by atoms with Gasteiger partial charge in [0, 0.05) is 36.3 Å². The van der Waals surface area contributed by atoms with Crippen LogP contribution < -0.4 is 0 Å². The Kier molecular flexibility index (Phi) is 3.91. The van der Waals surface area contributed by atoms with E-state index < -0.39 is 11.9 Å². The summed E-state index contributed by atoms with van der Waals surface area (Å²) in [6, 6.07) is 2.56. The summed E-state index contributed by atoms with van der Waals surface area (Å²) < 4.78 is 40.2. The molecule has 1 aliphatic rings. The summed E-state index contributed by atoms with van der Waals surface area (Å²) in [6.07, 6.45) is 4.30. The summed E-state index contributed by atoms with van der Waals surface area (Å²) in [5.41, 5.74) is 1.60. The van der Waals surface area contributed by atoms with Crippen LogP contribution in [0.1, 0.15) is 24.1 Å². The average molecular weight is 347 g/mol. The van der Waals surface area contributed by atoms with Crippen molar-refractivity contribution in [3.63, 3.8) is 0 Å². The maximum atomic E-state index is 12.9. The van der Waals surface area contributed by atoms with Gasteiger partial charge in [-0.1, -0.05) is 0 Å². The number of hydrogen-bond donors (Lipinski definition) is 0. The molecule has 1 saturated heterocycles. The van der Waals surface area contributed by atoms with Gasteiger partial charge in [-0.2, -0.15) is 18.3 Å². The molecule has 0 radical (unpaired) electrons.